The molecule has 2 aromatic rings. The van der Waals surface area contributed by atoms with Crippen molar-refractivity contribution in [1.82, 2.24) is 19.1 Å². The summed E-state index contributed by atoms with van der Waals surface area (Å²) < 4.78 is 17.3. The van der Waals surface area contributed by atoms with Crippen LogP contribution in [0.15, 0.2) is 15.1 Å². The van der Waals surface area contributed by atoms with Gasteiger partial charge in [-0.3, -0.25) is 0 Å². The summed E-state index contributed by atoms with van der Waals surface area (Å²) in [6, 6.07) is 0. The molecule has 32 heavy (non-hydrogen) atoms. The number of thiol groups is 1. The van der Waals surface area contributed by atoms with Crippen molar-refractivity contribution in [3.8, 4) is 0 Å². The third-order valence-electron chi connectivity index (χ3n) is 4.99. The summed E-state index contributed by atoms with van der Waals surface area (Å²) >= 11 is 6.57. The summed E-state index contributed by atoms with van der Waals surface area (Å²) in [6.45, 7) is 6.15. The molecule has 0 N–H and O–H groups in total. The van der Waals surface area contributed by atoms with Crippen LogP contribution in [0.4, 0.5) is 0 Å². The zero-order valence-electron chi connectivity index (χ0n) is 18.4. The standard InChI is InChI=1S/C10H13BrN2O2.C10H14N2O2.BHNS/c1-2-15-10(14)9-12-8(11)7-5-3-4-6-13(7)9;1-2-14-10(13)9-11-7-8-5-3-4-6-12(8)9;1-2-3/h2-6H2,1H3;7H,2-6H2,1H3;3H. The van der Waals surface area contributed by atoms with Gasteiger partial charge in [-0.2, -0.15) is 0 Å². The van der Waals surface area contributed by atoms with E-state index in [1.165, 1.54) is 6.42 Å². The van der Waals surface area contributed by atoms with E-state index < -0.39 is 0 Å². The number of hydrogen-bond acceptors (Lipinski definition) is 8. The van der Waals surface area contributed by atoms with Crippen LogP contribution in [-0.2, 0) is 35.4 Å². The van der Waals surface area contributed by atoms with Crippen LogP contribution in [0.5, 0.6) is 0 Å². The van der Waals surface area contributed by atoms with E-state index in [2.05, 4.69) is 50.7 Å². The van der Waals surface area contributed by atoms with E-state index in [-0.39, 0.29) is 11.9 Å². The molecule has 0 bridgehead atoms. The van der Waals surface area contributed by atoms with Crippen molar-refractivity contribution in [3.63, 3.8) is 0 Å². The number of imidazole rings is 2. The number of hydrogen-bond donors (Lipinski definition) is 1. The Hall–Kier alpha value is -1.95. The summed E-state index contributed by atoms with van der Waals surface area (Å²) in [5, 5.41) is 0. The quantitative estimate of drug-likeness (QED) is 0.371. The third-order valence-corrected chi connectivity index (χ3v) is 5.62. The molecular formula is C20H28BBrN5O4S. The fraction of sp³-hybridized carbons (Fsp3) is 0.600. The molecule has 2 aromatic heterocycles. The third kappa shape index (κ3) is 6.78. The van der Waals surface area contributed by atoms with E-state index in [1.54, 1.807) is 20.0 Å². The van der Waals surface area contributed by atoms with E-state index in [0.29, 0.717) is 24.9 Å². The molecule has 4 rings (SSSR count). The number of carbonyl (C=O) groups excluding carboxylic acids is 2. The molecule has 2 aliphatic heterocycles. The van der Waals surface area contributed by atoms with Crippen LogP contribution in [0.2, 0.25) is 0 Å². The Bertz CT molecular complexity index is 933. The van der Waals surface area contributed by atoms with Crippen molar-refractivity contribution >= 4 is 48.3 Å². The van der Waals surface area contributed by atoms with E-state index in [9.17, 15) is 9.59 Å². The second kappa shape index (κ2) is 13.6. The molecule has 1 radical (unpaired) electrons. The fourth-order valence-electron chi connectivity index (χ4n) is 3.64. The molecule has 173 valence electrons. The molecule has 0 amide bonds. The number of rotatable bonds is 4. The molecule has 12 heteroatoms. The van der Waals surface area contributed by atoms with Crippen molar-refractivity contribution in [2.75, 3.05) is 13.2 Å². The number of aromatic nitrogens is 4. The first-order valence-electron chi connectivity index (χ1n) is 10.7. The van der Waals surface area contributed by atoms with Crippen LogP contribution in [0, 0.1) is 0 Å². The summed E-state index contributed by atoms with van der Waals surface area (Å²) in [5.41, 5.74) is 2.27. The van der Waals surface area contributed by atoms with Crippen LogP contribution in [-0.4, -0.2) is 51.9 Å². The van der Waals surface area contributed by atoms with Gasteiger partial charge in [-0.25, -0.2) is 19.6 Å². The second-order valence-corrected chi connectivity index (χ2v) is 8.00. The van der Waals surface area contributed by atoms with Gasteiger partial charge in [0.05, 0.1) is 18.9 Å². The Morgan fingerprint density at radius 1 is 1.06 bits per heavy atom. The van der Waals surface area contributed by atoms with Crippen LogP contribution in [0.1, 0.15) is 72.2 Å². The maximum absolute atomic E-state index is 11.6. The number of fused-ring (bicyclic) bond motifs is 2. The zero-order chi connectivity index (χ0) is 23.5. The molecule has 0 saturated heterocycles. The average molecular weight is 525 g/mol. The zero-order valence-corrected chi connectivity index (χ0v) is 20.9. The molecule has 0 unspecified atom stereocenters. The van der Waals surface area contributed by atoms with E-state index in [0.717, 1.165) is 61.2 Å². The molecule has 0 fully saturated rings. The van der Waals surface area contributed by atoms with Gasteiger partial charge >= 0.3 is 36.7 Å². The molecule has 0 atom stereocenters. The van der Waals surface area contributed by atoms with Gasteiger partial charge in [0.1, 0.15) is 4.60 Å². The molecule has 9 nitrogen and oxygen atoms in total. The van der Waals surface area contributed by atoms with Crippen molar-refractivity contribution in [2.45, 2.75) is 65.5 Å². The van der Waals surface area contributed by atoms with Gasteiger partial charge in [0, 0.05) is 25.0 Å². The number of esters is 2. The van der Waals surface area contributed by atoms with Gasteiger partial charge in [0.25, 0.3) is 0 Å². The second-order valence-electron chi connectivity index (χ2n) is 7.02. The summed E-state index contributed by atoms with van der Waals surface area (Å²) in [7, 11) is 4.34. The van der Waals surface area contributed by atoms with Crippen LogP contribution in [0.3, 0.4) is 0 Å². The molecule has 4 heterocycles. The number of ether oxygens (including phenoxy) is 2. The van der Waals surface area contributed by atoms with Crippen LogP contribution >= 0.6 is 28.7 Å². The number of carbonyl (C=O) groups is 2. The van der Waals surface area contributed by atoms with Gasteiger partial charge in [-0.1, -0.05) is 0 Å². The fourth-order valence-corrected chi connectivity index (χ4v) is 4.22. The Balaban J connectivity index is 0.000000203. The number of nitrogens with zero attached hydrogens (tertiary/aromatic N) is 5. The van der Waals surface area contributed by atoms with Gasteiger partial charge in [-0.05, 0) is 68.3 Å². The SMILES string of the molecule is CCOC(=O)c1nc(Br)c2n1CCCC2.CCOC(=O)c1ncc2n1CCCC2.[B]=NS. The monoisotopic (exact) mass is 524 g/mol. The van der Waals surface area contributed by atoms with Crippen molar-refractivity contribution < 1.29 is 19.1 Å². The van der Waals surface area contributed by atoms with Crippen LogP contribution in [0.25, 0.3) is 0 Å². The van der Waals surface area contributed by atoms with E-state index in [4.69, 9.17) is 9.47 Å². The Kier molecular flexibility index (Phi) is 11.2. The predicted octanol–water partition coefficient (Wildman–Crippen LogP) is 3.74. The summed E-state index contributed by atoms with van der Waals surface area (Å²) in [5.74, 6) is 0.256. The summed E-state index contributed by atoms with van der Waals surface area (Å²) in [6.07, 6.45) is 8.35. The minimum atomic E-state index is -0.327. The van der Waals surface area contributed by atoms with Gasteiger partial charge < -0.3 is 18.6 Å². The van der Waals surface area contributed by atoms with Crippen molar-refractivity contribution in [2.24, 2.45) is 4.30 Å². The number of aryl methyl sites for hydroxylation is 1. The molecule has 0 aromatic carbocycles. The predicted molar refractivity (Wildman–Crippen MR) is 127 cm³/mol. The van der Waals surface area contributed by atoms with E-state index in [1.807, 2.05) is 9.13 Å². The molecule has 0 aliphatic carbocycles. The molecule has 0 spiro atoms. The van der Waals surface area contributed by atoms with Crippen molar-refractivity contribution in [1.29, 1.82) is 0 Å². The molecule has 0 saturated carbocycles. The average Bonchev–Trinajstić information content (AvgIpc) is 3.37. The first-order valence-corrected chi connectivity index (χ1v) is 11.8. The van der Waals surface area contributed by atoms with Gasteiger partial charge in [0.2, 0.25) is 11.6 Å². The topological polar surface area (TPSA) is 101 Å². The number of halogens is 1. The van der Waals surface area contributed by atoms with Crippen molar-refractivity contribution in [3.05, 3.63) is 33.8 Å². The summed E-state index contributed by atoms with van der Waals surface area (Å²) in [4.78, 5) is 31.4. The maximum atomic E-state index is 11.6. The normalized spacial score (nSPS) is 13.8. The Labute approximate surface area is 203 Å². The van der Waals surface area contributed by atoms with E-state index >= 15 is 0 Å². The molecule has 2 aliphatic rings. The first-order chi connectivity index (χ1) is 15.5. The Morgan fingerprint density at radius 2 is 1.62 bits per heavy atom. The van der Waals surface area contributed by atoms with Gasteiger partial charge in [0.15, 0.2) is 0 Å². The van der Waals surface area contributed by atoms with Crippen LogP contribution < -0.4 is 0 Å². The molecular weight excluding hydrogens is 497 g/mol. The first kappa shape index (κ1) is 26.3. The Morgan fingerprint density at radius 3 is 2.25 bits per heavy atom. The van der Waals surface area contributed by atoms with Gasteiger partial charge in [-0.15, -0.1) is 0 Å². The minimum absolute atomic E-state index is 0.305.